The van der Waals surface area contributed by atoms with Crippen LogP contribution in [-0.2, 0) is 0 Å². The molecule has 0 fully saturated rings. The van der Waals surface area contributed by atoms with Crippen molar-refractivity contribution in [3.63, 3.8) is 0 Å². The van der Waals surface area contributed by atoms with Gasteiger partial charge in [-0.3, -0.25) is 9.97 Å². The van der Waals surface area contributed by atoms with Gasteiger partial charge in [0.05, 0.1) is 22.8 Å². The van der Waals surface area contributed by atoms with Crippen molar-refractivity contribution in [1.82, 2.24) is 15.0 Å². The number of nitrogens with zero attached hydrogens (tertiary/aromatic N) is 3. The van der Waals surface area contributed by atoms with Crippen molar-refractivity contribution in [2.24, 2.45) is 0 Å². The molecule has 4 aromatic rings. The van der Waals surface area contributed by atoms with Gasteiger partial charge in [0.2, 0.25) is 0 Å². The highest BCUT2D eigenvalue weighted by atomic mass is 16.4. The number of hydrogen-bond donors (Lipinski definition) is 2. The Bertz CT molecular complexity index is 1090. The molecule has 0 saturated carbocycles. The number of phenols is 1. The number of pyridine rings is 3. The number of carboxylic acids is 1. The summed E-state index contributed by atoms with van der Waals surface area (Å²) in [5.41, 5.74) is 4.00. The number of rotatable bonds is 4. The molecular formula is C22H15N3O3. The van der Waals surface area contributed by atoms with Crippen LogP contribution in [0.5, 0.6) is 5.75 Å². The molecule has 0 radical (unpaired) electrons. The van der Waals surface area contributed by atoms with E-state index >= 15 is 0 Å². The monoisotopic (exact) mass is 369 g/mol. The first kappa shape index (κ1) is 17.4. The maximum atomic E-state index is 11.2. The molecule has 0 spiro atoms. The first-order valence-corrected chi connectivity index (χ1v) is 8.53. The lowest BCUT2D eigenvalue weighted by Crippen LogP contribution is -1.97. The lowest BCUT2D eigenvalue weighted by molar-refractivity contribution is 0.0694. The van der Waals surface area contributed by atoms with Crippen molar-refractivity contribution in [2.75, 3.05) is 0 Å². The van der Waals surface area contributed by atoms with E-state index in [0.29, 0.717) is 28.3 Å². The molecule has 28 heavy (non-hydrogen) atoms. The smallest absolute Gasteiger partial charge is 0.339 e. The average molecular weight is 369 g/mol. The minimum Gasteiger partial charge on any atom is -0.507 e. The van der Waals surface area contributed by atoms with Gasteiger partial charge in [-0.15, -0.1) is 0 Å². The number of carboxylic acid groups (broad SMARTS) is 1. The van der Waals surface area contributed by atoms with E-state index in [1.165, 1.54) is 12.1 Å². The number of carbonyl (C=O) groups is 1. The minimum atomic E-state index is -1.18. The van der Waals surface area contributed by atoms with Crippen LogP contribution in [0.3, 0.4) is 0 Å². The van der Waals surface area contributed by atoms with Crippen LogP contribution in [0.4, 0.5) is 0 Å². The molecule has 0 bridgehead atoms. The summed E-state index contributed by atoms with van der Waals surface area (Å²) < 4.78 is 0. The second-order valence-electron chi connectivity index (χ2n) is 6.09. The van der Waals surface area contributed by atoms with E-state index < -0.39 is 5.97 Å². The van der Waals surface area contributed by atoms with Gasteiger partial charge < -0.3 is 10.2 Å². The maximum absolute atomic E-state index is 11.2. The molecule has 136 valence electrons. The standard InChI is InChI=1S/C22H15N3O3/c26-21-13-14(7-8-16(21)22(27)28)15-11-19(17-5-1-3-9-23-17)25-20(12-15)18-6-2-4-10-24-18/h1-13,26H,(H,27,28). The van der Waals surface area contributed by atoms with Crippen molar-refractivity contribution >= 4 is 5.97 Å². The van der Waals surface area contributed by atoms with E-state index in [-0.39, 0.29) is 11.3 Å². The van der Waals surface area contributed by atoms with Crippen LogP contribution >= 0.6 is 0 Å². The zero-order chi connectivity index (χ0) is 19.5. The third kappa shape index (κ3) is 3.43. The number of benzene rings is 1. The number of aromatic nitrogens is 3. The Morgan fingerprint density at radius 1 is 0.714 bits per heavy atom. The van der Waals surface area contributed by atoms with Crippen molar-refractivity contribution in [1.29, 1.82) is 0 Å². The third-order valence-corrected chi connectivity index (χ3v) is 4.24. The molecule has 0 aliphatic heterocycles. The van der Waals surface area contributed by atoms with Crippen LogP contribution in [0.25, 0.3) is 33.9 Å². The first-order chi connectivity index (χ1) is 13.6. The Morgan fingerprint density at radius 2 is 1.32 bits per heavy atom. The predicted octanol–water partition coefficient (Wildman–Crippen LogP) is 4.28. The number of aromatic carboxylic acids is 1. The molecule has 6 heteroatoms. The molecule has 1 aromatic carbocycles. The van der Waals surface area contributed by atoms with Crippen molar-refractivity contribution < 1.29 is 15.0 Å². The van der Waals surface area contributed by atoms with Crippen LogP contribution < -0.4 is 0 Å². The predicted molar refractivity (Wildman–Crippen MR) is 105 cm³/mol. The number of hydrogen-bond acceptors (Lipinski definition) is 5. The summed E-state index contributed by atoms with van der Waals surface area (Å²) >= 11 is 0. The molecule has 3 heterocycles. The zero-order valence-corrected chi connectivity index (χ0v) is 14.6. The highest BCUT2D eigenvalue weighted by Crippen LogP contribution is 2.31. The molecule has 0 saturated heterocycles. The summed E-state index contributed by atoms with van der Waals surface area (Å²) in [5, 5.41) is 19.2. The average Bonchev–Trinajstić information content (AvgIpc) is 2.74. The Hall–Kier alpha value is -4.06. The van der Waals surface area contributed by atoms with E-state index in [1.807, 2.05) is 48.5 Å². The summed E-state index contributed by atoms with van der Waals surface area (Å²) in [6.07, 6.45) is 3.38. The van der Waals surface area contributed by atoms with Gasteiger partial charge in [-0.2, -0.15) is 0 Å². The minimum absolute atomic E-state index is 0.146. The van der Waals surface area contributed by atoms with Gasteiger partial charge >= 0.3 is 5.97 Å². The Labute approximate surface area is 160 Å². The summed E-state index contributed by atoms with van der Waals surface area (Å²) in [7, 11) is 0. The van der Waals surface area contributed by atoms with Crippen LogP contribution in [-0.4, -0.2) is 31.1 Å². The fourth-order valence-electron chi connectivity index (χ4n) is 2.88. The van der Waals surface area contributed by atoms with Crippen LogP contribution in [0.2, 0.25) is 0 Å². The van der Waals surface area contributed by atoms with E-state index in [9.17, 15) is 9.90 Å². The molecule has 0 aliphatic rings. The van der Waals surface area contributed by atoms with E-state index in [1.54, 1.807) is 18.5 Å². The maximum Gasteiger partial charge on any atom is 0.339 e. The van der Waals surface area contributed by atoms with E-state index in [2.05, 4.69) is 15.0 Å². The quantitative estimate of drug-likeness (QED) is 0.557. The van der Waals surface area contributed by atoms with Crippen molar-refractivity contribution in [3.05, 3.63) is 84.7 Å². The third-order valence-electron chi connectivity index (χ3n) is 4.24. The van der Waals surface area contributed by atoms with Crippen LogP contribution in [0, 0.1) is 0 Å². The molecule has 4 rings (SSSR count). The Kier molecular flexibility index (Phi) is 4.51. The lowest BCUT2D eigenvalue weighted by Gasteiger charge is -2.10. The van der Waals surface area contributed by atoms with Crippen LogP contribution in [0.15, 0.2) is 79.1 Å². The highest BCUT2D eigenvalue weighted by Gasteiger charge is 2.13. The molecular weight excluding hydrogens is 354 g/mol. The van der Waals surface area contributed by atoms with Gasteiger partial charge in [-0.25, -0.2) is 9.78 Å². The lowest BCUT2D eigenvalue weighted by atomic mass is 10.0. The summed E-state index contributed by atoms with van der Waals surface area (Å²) in [5.74, 6) is -1.47. The molecule has 2 N–H and O–H groups in total. The SMILES string of the molecule is O=C(O)c1ccc(-c2cc(-c3ccccn3)nc(-c3ccccn3)c2)cc1O. The molecule has 6 nitrogen and oxygen atoms in total. The van der Waals surface area contributed by atoms with Gasteiger partial charge in [0.25, 0.3) is 0 Å². The normalized spacial score (nSPS) is 10.6. The Morgan fingerprint density at radius 3 is 1.79 bits per heavy atom. The van der Waals surface area contributed by atoms with Gasteiger partial charge in [-0.1, -0.05) is 18.2 Å². The fourth-order valence-corrected chi connectivity index (χ4v) is 2.88. The van der Waals surface area contributed by atoms with E-state index in [4.69, 9.17) is 5.11 Å². The van der Waals surface area contributed by atoms with Crippen molar-refractivity contribution in [3.8, 4) is 39.7 Å². The second-order valence-corrected chi connectivity index (χ2v) is 6.09. The molecule has 0 atom stereocenters. The topological polar surface area (TPSA) is 96.2 Å². The van der Waals surface area contributed by atoms with Crippen molar-refractivity contribution in [2.45, 2.75) is 0 Å². The van der Waals surface area contributed by atoms with E-state index in [0.717, 1.165) is 5.56 Å². The van der Waals surface area contributed by atoms with Gasteiger partial charge in [-0.05, 0) is 59.7 Å². The summed E-state index contributed by atoms with van der Waals surface area (Å²) in [6.45, 7) is 0. The van der Waals surface area contributed by atoms with Gasteiger partial charge in [0.15, 0.2) is 0 Å². The summed E-state index contributed by atoms with van der Waals surface area (Å²) in [6, 6.07) is 19.3. The van der Waals surface area contributed by atoms with Gasteiger partial charge in [0.1, 0.15) is 11.3 Å². The summed E-state index contributed by atoms with van der Waals surface area (Å²) in [4.78, 5) is 24.6. The molecule has 0 amide bonds. The number of aromatic hydroxyl groups is 1. The Balaban J connectivity index is 1.89. The zero-order valence-electron chi connectivity index (χ0n) is 14.6. The first-order valence-electron chi connectivity index (χ1n) is 8.53. The molecule has 0 aliphatic carbocycles. The van der Waals surface area contributed by atoms with Crippen LogP contribution in [0.1, 0.15) is 10.4 Å². The highest BCUT2D eigenvalue weighted by molar-refractivity contribution is 5.92. The molecule has 3 aromatic heterocycles. The molecule has 0 unspecified atom stereocenters. The largest absolute Gasteiger partial charge is 0.507 e. The second kappa shape index (κ2) is 7.28. The van der Waals surface area contributed by atoms with Gasteiger partial charge in [0, 0.05) is 12.4 Å². The fraction of sp³-hybridized carbons (Fsp3) is 0.